The lowest BCUT2D eigenvalue weighted by molar-refractivity contribution is -0.116. The number of nitrogens with zero attached hydrogens (tertiary/aromatic N) is 2. The van der Waals surface area contributed by atoms with E-state index in [1.54, 1.807) is 24.3 Å². The molecule has 1 amide bonds. The number of carbonyl (C=O) groups is 1. The summed E-state index contributed by atoms with van der Waals surface area (Å²) in [6.07, 6.45) is 1.95. The summed E-state index contributed by atoms with van der Waals surface area (Å²) in [7, 11) is 0.298. The Morgan fingerprint density at radius 1 is 1.15 bits per heavy atom. The van der Waals surface area contributed by atoms with Crippen LogP contribution >= 0.6 is 24.8 Å². The maximum absolute atomic E-state index is 12.9. The van der Waals surface area contributed by atoms with E-state index in [1.165, 1.54) is 4.31 Å². The molecule has 156 valence electrons. The van der Waals surface area contributed by atoms with Crippen LogP contribution < -0.4 is 10.6 Å². The first-order chi connectivity index (χ1) is 11.9. The normalized spacial score (nSPS) is 15.9. The molecule has 1 saturated heterocycles. The Balaban J connectivity index is 0.00000338. The molecule has 2 rings (SSSR count). The van der Waals surface area contributed by atoms with Crippen molar-refractivity contribution in [2.24, 2.45) is 0 Å². The zero-order valence-electron chi connectivity index (χ0n) is 15.8. The summed E-state index contributed by atoms with van der Waals surface area (Å²) < 4.78 is 27.3. The van der Waals surface area contributed by atoms with Crippen molar-refractivity contribution < 1.29 is 13.2 Å². The van der Waals surface area contributed by atoms with E-state index >= 15 is 0 Å². The van der Waals surface area contributed by atoms with Gasteiger partial charge in [0.15, 0.2) is 0 Å². The van der Waals surface area contributed by atoms with Gasteiger partial charge in [-0.05, 0) is 58.2 Å². The second kappa shape index (κ2) is 12.5. The molecule has 2 N–H and O–H groups in total. The molecule has 0 atom stereocenters. The summed E-state index contributed by atoms with van der Waals surface area (Å²) in [5.74, 6) is -0.110. The van der Waals surface area contributed by atoms with E-state index in [2.05, 4.69) is 15.5 Å². The SMILES string of the molecule is CNCCCC(=O)Nc1cccc(S(=O)(=O)N2CCCN(C)CC2)c1.Cl.Cl. The Labute approximate surface area is 174 Å². The van der Waals surface area contributed by atoms with Crippen molar-refractivity contribution in [3.05, 3.63) is 24.3 Å². The molecule has 0 spiro atoms. The predicted molar refractivity (Wildman–Crippen MR) is 114 cm³/mol. The van der Waals surface area contributed by atoms with E-state index in [4.69, 9.17) is 0 Å². The highest BCUT2D eigenvalue weighted by atomic mass is 35.5. The Hall–Kier alpha value is -0.900. The average molecular weight is 441 g/mol. The van der Waals surface area contributed by atoms with E-state index in [0.29, 0.717) is 25.2 Å². The van der Waals surface area contributed by atoms with Crippen molar-refractivity contribution >= 4 is 46.4 Å². The number of amides is 1. The first kappa shape index (κ1) is 26.1. The minimum absolute atomic E-state index is 0. The molecule has 27 heavy (non-hydrogen) atoms. The van der Waals surface area contributed by atoms with E-state index in [9.17, 15) is 13.2 Å². The minimum Gasteiger partial charge on any atom is -0.326 e. The number of sulfonamides is 1. The van der Waals surface area contributed by atoms with Gasteiger partial charge >= 0.3 is 0 Å². The van der Waals surface area contributed by atoms with Gasteiger partial charge in [-0.25, -0.2) is 8.42 Å². The van der Waals surface area contributed by atoms with Gasteiger partial charge in [-0.1, -0.05) is 6.07 Å². The van der Waals surface area contributed by atoms with Crippen molar-refractivity contribution in [3.8, 4) is 0 Å². The monoisotopic (exact) mass is 440 g/mol. The van der Waals surface area contributed by atoms with Crippen LogP contribution in [0.4, 0.5) is 5.69 Å². The zero-order chi connectivity index (χ0) is 18.3. The third kappa shape index (κ3) is 7.93. The average Bonchev–Trinajstić information content (AvgIpc) is 2.80. The van der Waals surface area contributed by atoms with E-state index < -0.39 is 10.0 Å². The van der Waals surface area contributed by atoms with Crippen molar-refractivity contribution in [2.45, 2.75) is 24.2 Å². The third-order valence-electron chi connectivity index (χ3n) is 4.26. The highest BCUT2D eigenvalue weighted by Gasteiger charge is 2.26. The van der Waals surface area contributed by atoms with Crippen LogP contribution in [0.5, 0.6) is 0 Å². The van der Waals surface area contributed by atoms with E-state index in [1.807, 2.05) is 14.1 Å². The largest absolute Gasteiger partial charge is 0.326 e. The van der Waals surface area contributed by atoms with Crippen LogP contribution in [-0.2, 0) is 14.8 Å². The number of likely N-dealkylation sites (N-methyl/N-ethyl adjacent to an activating group) is 1. The summed E-state index contributed by atoms with van der Waals surface area (Å²) in [5.41, 5.74) is 0.516. The predicted octanol–water partition coefficient (Wildman–Crippen LogP) is 1.79. The molecular weight excluding hydrogens is 411 g/mol. The molecule has 0 bridgehead atoms. The van der Waals surface area contributed by atoms with Gasteiger partial charge in [-0.15, -0.1) is 24.8 Å². The number of anilines is 1. The van der Waals surface area contributed by atoms with Crippen LogP contribution in [0.2, 0.25) is 0 Å². The topological polar surface area (TPSA) is 81.8 Å². The Morgan fingerprint density at radius 3 is 2.59 bits per heavy atom. The Kier molecular flexibility index (Phi) is 12.1. The first-order valence-electron chi connectivity index (χ1n) is 8.66. The van der Waals surface area contributed by atoms with Crippen LogP contribution in [0.1, 0.15) is 19.3 Å². The molecule has 1 fully saturated rings. The summed E-state index contributed by atoms with van der Waals surface area (Å²) in [6, 6.07) is 6.51. The second-order valence-electron chi connectivity index (χ2n) is 6.34. The molecule has 0 unspecified atom stereocenters. The van der Waals surface area contributed by atoms with Crippen LogP contribution in [0.25, 0.3) is 0 Å². The van der Waals surface area contributed by atoms with Crippen LogP contribution in [0, 0.1) is 0 Å². The zero-order valence-corrected chi connectivity index (χ0v) is 18.3. The van der Waals surface area contributed by atoms with Crippen molar-refractivity contribution in [3.63, 3.8) is 0 Å². The highest BCUT2D eigenvalue weighted by molar-refractivity contribution is 7.89. The minimum atomic E-state index is -3.54. The van der Waals surface area contributed by atoms with Crippen molar-refractivity contribution in [1.29, 1.82) is 0 Å². The molecule has 1 aromatic carbocycles. The van der Waals surface area contributed by atoms with Gasteiger partial charge in [0.1, 0.15) is 0 Å². The molecule has 1 aliphatic heterocycles. The molecule has 0 aromatic heterocycles. The molecule has 1 heterocycles. The lowest BCUT2D eigenvalue weighted by atomic mass is 10.2. The summed E-state index contributed by atoms with van der Waals surface area (Å²) in [4.78, 5) is 14.3. The van der Waals surface area contributed by atoms with Gasteiger partial charge in [0.05, 0.1) is 4.90 Å². The lowest BCUT2D eigenvalue weighted by Gasteiger charge is -2.20. The standard InChI is InChI=1S/C17H28N4O3S.2ClH/c1-18-9-4-8-17(22)19-15-6-3-7-16(14-15)25(23,24)21-11-5-10-20(2)12-13-21;;/h3,6-7,14,18H,4-5,8-13H2,1-2H3,(H,19,22);2*1H. The van der Waals surface area contributed by atoms with Crippen molar-refractivity contribution in [2.75, 3.05) is 52.1 Å². The molecule has 0 aliphatic carbocycles. The number of nitrogens with one attached hydrogen (secondary N) is 2. The fourth-order valence-corrected chi connectivity index (χ4v) is 4.31. The first-order valence-corrected chi connectivity index (χ1v) is 10.1. The molecule has 0 radical (unpaired) electrons. The third-order valence-corrected chi connectivity index (χ3v) is 6.16. The number of rotatable bonds is 7. The molecule has 1 aliphatic rings. The molecule has 0 saturated carbocycles. The van der Waals surface area contributed by atoms with Crippen LogP contribution in [0.15, 0.2) is 29.2 Å². The van der Waals surface area contributed by atoms with Gasteiger partial charge in [-0.2, -0.15) is 4.31 Å². The maximum Gasteiger partial charge on any atom is 0.243 e. The maximum atomic E-state index is 12.9. The summed E-state index contributed by atoms with van der Waals surface area (Å²) in [6.45, 7) is 3.40. The van der Waals surface area contributed by atoms with E-state index in [0.717, 1.165) is 32.5 Å². The van der Waals surface area contributed by atoms with Gasteiger partial charge in [0.2, 0.25) is 15.9 Å². The van der Waals surface area contributed by atoms with Gasteiger partial charge in [0, 0.05) is 31.7 Å². The number of benzene rings is 1. The highest BCUT2D eigenvalue weighted by Crippen LogP contribution is 2.21. The summed E-state index contributed by atoms with van der Waals surface area (Å²) in [5, 5.41) is 5.77. The number of hydrogen-bond acceptors (Lipinski definition) is 5. The van der Waals surface area contributed by atoms with Gasteiger partial charge < -0.3 is 15.5 Å². The Bertz CT molecular complexity index is 689. The smallest absolute Gasteiger partial charge is 0.243 e. The quantitative estimate of drug-likeness (QED) is 0.631. The number of halogens is 2. The Morgan fingerprint density at radius 2 is 1.89 bits per heavy atom. The molecule has 1 aromatic rings. The molecule has 10 heteroatoms. The fourth-order valence-electron chi connectivity index (χ4n) is 2.80. The van der Waals surface area contributed by atoms with Gasteiger partial charge in [0.25, 0.3) is 0 Å². The number of carbonyl (C=O) groups excluding carboxylic acids is 1. The molecular formula is C17H30Cl2N4O3S. The van der Waals surface area contributed by atoms with Crippen LogP contribution in [-0.4, -0.2) is 70.3 Å². The lowest BCUT2D eigenvalue weighted by Crippen LogP contribution is -2.34. The van der Waals surface area contributed by atoms with Crippen LogP contribution in [0.3, 0.4) is 0 Å². The summed E-state index contributed by atoms with van der Waals surface area (Å²) >= 11 is 0. The molecule has 7 nitrogen and oxygen atoms in total. The fraction of sp³-hybridized carbons (Fsp3) is 0.588. The number of hydrogen-bond donors (Lipinski definition) is 2. The second-order valence-corrected chi connectivity index (χ2v) is 8.28. The van der Waals surface area contributed by atoms with E-state index in [-0.39, 0.29) is 35.6 Å². The van der Waals surface area contributed by atoms with Gasteiger partial charge in [-0.3, -0.25) is 4.79 Å². The van der Waals surface area contributed by atoms with Crippen molar-refractivity contribution in [1.82, 2.24) is 14.5 Å².